The van der Waals surface area contributed by atoms with E-state index in [2.05, 4.69) is 6.58 Å². The van der Waals surface area contributed by atoms with Gasteiger partial charge in [0, 0.05) is 0 Å². The van der Waals surface area contributed by atoms with Gasteiger partial charge in [-0.15, -0.1) is 6.58 Å². The number of hydrogen-bond donors (Lipinski definition) is 0. The normalized spacial score (nSPS) is 12.1. The Morgan fingerprint density at radius 3 is 2.60 bits per heavy atom. The lowest BCUT2D eigenvalue weighted by Crippen LogP contribution is -2.16. The van der Waals surface area contributed by atoms with Crippen molar-refractivity contribution in [2.45, 2.75) is 52.4 Å². The van der Waals surface area contributed by atoms with E-state index in [1.807, 2.05) is 19.9 Å². The number of carbonyl (C=O) groups excluding carboxylic acids is 1. The molecular weight excluding hydrogens is 188 g/mol. The van der Waals surface area contributed by atoms with Gasteiger partial charge in [0.05, 0.1) is 12.5 Å². The van der Waals surface area contributed by atoms with Crippen LogP contribution >= 0.6 is 0 Å². The summed E-state index contributed by atoms with van der Waals surface area (Å²) in [6.45, 7) is 8.08. The molecule has 0 saturated heterocycles. The van der Waals surface area contributed by atoms with Gasteiger partial charge < -0.3 is 4.74 Å². The highest BCUT2D eigenvalue weighted by Gasteiger charge is 2.16. The van der Waals surface area contributed by atoms with Gasteiger partial charge in [0.25, 0.3) is 0 Å². The Kier molecular flexibility index (Phi) is 9.24. The summed E-state index contributed by atoms with van der Waals surface area (Å²) in [5.41, 5.74) is 0. The zero-order valence-electron chi connectivity index (χ0n) is 10.1. The van der Waals surface area contributed by atoms with Crippen LogP contribution in [-0.4, -0.2) is 12.6 Å². The molecule has 0 rings (SSSR count). The first-order valence-corrected chi connectivity index (χ1v) is 6.03. The van der Waals surface area contributed by atoms with Crippen molar-refractivity contribution < 1.29 is 9.53 Å². The van der Waals surface area contributed by atoms with Crippen LogP contribution in [0.15, 0.2) is 12.7 Å². The van der Waals surface area contributed by atoms with Gasteiger partial charge in [-0.05, 0) is 32.6 Å². The summed E-state index contributed by atoms with van der Waals surface area (Å²) in [5, 5.41) is 0. The molecule has 0 aliphatic heterocycles. The molecule has 0 aromatic rings. The Morgan fingerprint density at radius 1 is 1.33 bits per heavy atom. The Morgan fingerprint density at radius 2 is 2.07 bits per heavy atom. The number of rotatable bonds is 9. The van der Waals surface area contributed by atoms with Crippen LogP contribution in [0.1, 0.15) is 52.4 Å². The molecule has 2 heteroatoms. The molecule has 15 heavy (non-hydrogen) atoms. The molecule has 0 aromatic heterocycles. The van der Waals surface area contributed by atoms with Gasteiger partial charge in [0.2, 0.25) is 0 Å². The van der Waals surface area contributed by atoms with Crippen LogP contribution in [0, 0.1) is 5.92 Å². The number of ether oxygens (including phenoxy) is 1. The van der Waals surface area contributed by atoms with Crippen LogP contribution in [0.2, 0.25) is 0 Å². The maximum absolute atomic E-state index is 11.5. The van der Waals surface area contributed by atoms with E-state index in [0.717, 1.165) is 25.7 Å². The fraction of sp³-hybridized carbons (Fsp3) is 0.769. The number of unbranched alkanes of at least 4 members (excludes halogenated alkanes) is 3. The topological polar surface area (TPSA) is 26.3 Å². The molecule has 0 spiro atoms. The first kappa shape index (κ1) is 14.2. The summed E-state index contributed by atoms with van der Waals surface area (Å²) in [7, 11) is 0. The highest BCUT2D eigenvalue weighted by Crippen LogP contribution is 2.15. The number of carbonyl (C=O) groups is 1. The molecule has 0 saturated carbocycles. The van der Waals surface area contributed by atoms with Crippen LogP contribution < -0.4 is 0 Å². The Bertz CT molecular complexity index is 175. The lowest BCUT2D eigenvalue weighted by molar-refractivity contribution is -0.148. The van der Waals surface area contributed by atoms with Gasteiger partial charge in [-0.25, -0.2) is 0 Å². The summed E-state index contributed by atoms with van der Waals surface area (Å²) in [6.07, 6.45) is 8.36. The van der Waals surface area contributed by atoms with Gasteiger partial charge in [-0.3, -0.25) is 4.79 Å². The quantitative estimate of drug-likeness (QED) is 0.331. The van der Waals surface area contributed by atoms with Crippen molar-refractivity contribution >= 4 is 5.97 Å². The number of esters is 1. The summed E-state index contributed by atoms with van der Waals surface area (Å²) >= 11 is 0. The first-order chi connectivity index (χ1) is 7.26. The van der Waals surface area contributed by atoms with E-state index in [9.17, 15) is 4.79 Å². The lowest BCUT2D eigenvalue weighted by Gasteiger charge is -2.12. The molecule has 0 aliphatic rings. The number of allylic oxidation sites excluding steroid dienone is 1. The van der Waals surface area contributed by atoms with Crippen molar-refractivity contribution in [3.8, 4) is 0 Å². The molecule has 0 amide bonds. The van der Waals surface area contributed by atoms with E-state index in [-0.39, 0.29) is 11.9 Å². The SMILES string of the molecule is C=CCCCCCC(CC)C(=O)OCC. The average molecular weight is 212 g/mol. The molecule has 0 radical (unpaired) electrons. The van der Waals surface area contributed by atoms with Crippen molar-refractivity contribution in [3.05, 3.63) is 12.7 Å². The Labute approximate surface area is 93.7 Å². The molecule has 0 fully saturated rings. The lowest BCUT2D eigenvalue weighted by atomic mass is 9.98. The van der Waals surface area contributed by atoms with E-state index in [0.29, 0.717) is 6.61 Å². The van der Waals surface area contributed by atoms with Crippen LogP contribution in [0.4, 0.5) is 0 Å². The maximum Gasteiger partial charge on any atom is 0.308 e. The Balaban J connectivity index is 3.60. The van der Waals surface area contributed by atoms with E-state index in [4.69, 9.17) is 4.74 Å². The van der Waals surface area contributed by atoms with Gasteiger partial charge in [0.1, 0.15) is 0 Å². The first-order valence-electron chi connectivity index (χ1n) is 6.03. The van der Waals surface area contributed by atoms with E-state index in [1.54, 1.807) is 0 Å². The maximum atomic E-state index is 11.5. The van der Waals surface area contributed by atoms with Crippen molar-refractivity contribution in [3.63, 3.8) is 0 Å². The molecule has 88 valence electrons. The monoisotopic (exact) mass is 212 g/mol. The molecule has 1 atom stereocenters. The van der Waals surface area contributed by atoms with Crippen molar-refractivity contribution in [1.29, 1.82) is 0 Å². The second kappa shape index (κ2) is 9.75. The zero-order chi connectivity index (χ0) is 11.5. The fourth-order valence-electron chi connectivity index (χ4n) is 1.60. The van der Waals surface area contributed by atoms with Gasteiger partial charge >= 0.3 is 5.97 Å². The van der Waals surface area contributed by atoms with Crippen LogP contribution in [-0.2, 0) is 9.53 Å². The van der Waals surface area contributed by atoms with Gasteiger partial charge in [-0.1, -0.05) is 25.8 Å². The summed E-state index contributed by atoms with van der Waals surface area (Å²) in [6, 6.07) is 0. The van der Waals surface area contributed by atoms with Crippen molar-refractivity contribution in [2.75, 3.05) is 6.61 Å². The summed E-state index contributed by atoms with van der Waals surface area (Å²) in [5.74, 6) is 0.0809. The summed E-state index contributed by atoms with van der Waals surface area (Å²) < 4.78 is 5.02. The van der Waals surface area contributed by atoms with Crippen molar-refractivity contribution in [2.24, 2.45) is 5.92 Å². The predicted octanol–water partition coefficient (Wildman–Crippen LogP) is 3.71. The predicted molar refractivity (Wildman–Crippen MR) is 63.7 cm³/mol. The minimum atomic E-state index is -0.0243. The van der Waals surface area contributed by atoms with Gasteiger partial charge in [0.15, 0.2) is 0 Å². The van der Waals surface area contributed by atoms with Crippen LogP contribution in [0.3, 0.4) is 0 Å². The minimum absolute atomic E-state index is 0.0243. The molecule has 0 aliphatic carbocycles. The van der Waals surface area contributed by atoms with Crippen LogP contribution in [0.25, 0.3) is 0 Å². The highest BCUT2D eigenvalue weighted by molar-refractivity contribution is 5.72. The van der Waals surface area contributed by atoms with Gasteiger partial charge in [-0.2, -0.15) is 0 Å². The van der Waals surface area contributed by atoms with E-state index < -0.39 is 0 Å². The van der Waals surface area contributed by atoms with Crippen molar-refractivity contribution in [1.82, 2.24) is 0 Å². The highest BCUT2D eigenvalue weighted by atomic mass is 16.5. The summed E-state index contributed by atoms with van der Waals surface area (Å²) in [4.78, 5) is 11.5. The van der Waals surface area contributed by atoms with E-state index in [1.165, 1.54) is 12.8 Å². The number of hydrogen-bond acceptors (Lipinski definition) is 2. The smallest absolute Gasteiger partial charge is 0.308 e. The zero-order valence-corrected chi connectivity index (χ0v) is 10.1. The second-order valence-corrected chi connectivity index (χ2v) is 3.78. The molecule has 0 bridgehead atoms. The minimum Gasteiger partial charge on any atom is -0.466 e. The third-order valence-electron chi connectivity index (χ3n) is 2.57. The standard InChI is InChI=1S/C13H24O2/c1-4-7-8-9-10-11-12(5-2)13(14)15-6-3/h4,12H,1,5-11H2,2-3H3. The van der Waals surface area contributed by atoms with Crippen LogP contribution in [0.5, 0.6) is 0 Å². The molecule has 0 N–H and O–H groups in total. The molecule has 0 heterocycles. The third-order valence-corrected chi connectivity index (χ3v) is 2.57. The fourth-order valence-corrected chi connectivity index (χ4v) is 1.60. The Hall–Kier alpha value is -0.790. The molecular formula is C13H24O2. The molecule has 1 unspecified atom stereocenters. The third kappa shape index (κ3) is 7.18. The largest absolute Gasteiger partial charge is 0.466 e. The second-order valence-electron chi connectivity index (χ2n) is 3.78. The molecule has 0 aromatic carbocycles. The molecule has 2 nitrogen and oxygen atoms in total. The average Bonchev–Trinajstić information content (AvgIpc) is 2.23. The van der Waals surface area contributed by atoms with E-state index >= 15 is 0 Å².